The van der Waals surface area contributed by atoms with Crippen LogP contribution in [0.15, 0.2) is 46.3 Å². The van der Waals surface area contributed by atoms with Gasteiger partial charge in [-0.3, -0.25) is 4.79 Å². The lowest BCUT2D eigenvalue weighted by Gasteiger charge is -2.20. The summed E-state index contributed by atoms with van der Waals surface area (Å²) in [5.41, 5.74) is 0.353. The summed E-state index contributed by atoms with van der Waals surface area (Å²) >= 11 is 0.990. The second-order valence-electron chi connectivity index (χ2n) is 6.97. The highest BCUT2D eigenvalue weighted by molar-refractivity contribution is 7.89. The molecule has 0 aliphatic rings. The smallest absolute Gasteiger partial charge is 0.279 e. The van der Waals surface area contributed by atoms with E-state index in [-0.39, 0.29) is 20.8 Å². The summed E-state index contributed by atoms with van der Waals surface area (Å²) in [4.78, 5) is 16.9. The Kier molecular flexibility index (Phi) is 7.03. The number of thiazole rings is 1. The molecule has 0 N–H and O–H groups in total. The summed E-state index contributed by atoms with van der Waals surface area (Å²) < 4.78 is 56.2. The van der Waals surface area contributed by atoms with Gasteiger partial charge in [-0.05, 0) is 36.8 Å². The van der Waals surface area contributed by atoms with E-state index >= 15 is 0 Å². The van der Waals surface area contributed by atoms with Gasteiger partial charge in [0.1, 0.15) is 5.82 Å². The van der Waals surface area contributed by atoms with Gasteiger partial charge in [0.15, 0.2) is 10.6 Å². The van der Waals surface area contributed by atoms with Crippen LogP contribution in [0.4, 0.5) is 8.78 Å². The topological polar surface area (TPSA) is 71.7 Å². The molecule has 1 heterocycles. The van der Waals surface area contributed by atoms with Crippen molar-refractivity contribution in [3.8, 4) is 0 Å². The Hall–Kier alpha value is -2.43. The number of fused-ring (bicyclic) bond motifs is 1. The molecule has 0 atom stereocenters. The number of sulfonamides is 1. The van der Waals surface area contributed by atoms with Crippen molar-refractivity contribution in [3.63, 3.8) is 0 Å². The summed E-state index contributed by atoms with van der Waals surface area (Å²) in [5, 5.41) is 0. The summed E-state index contributed by atoms with van der Waals surface area (Å²) in [7, 11) is -2.11. The molecule has 0 saturated heterocycles. The van der Waals surface area contributed by atoms with E-state index in [0.717, 1.165) is 30.2 Å². The van der Waals surface area contributed by atoms with Crippen LogP contribution in [0, 0.1) is 11.6 Å². The molecule has 0 spiro atoms. The molecule has 2 aromatic carbocycles. The van der Waals surface area contributed by atoms with Gasteiger partial charge in [0.25, 0.3) is 5.91 Å². The van der Waals surface area contributed by atoms with E-state index in [2.05, 4.69) is 4.99 Å². The molecular weight excluding hydrogens is 444 g/mol. The van der Waals surface area contributed by atoms with Gasteiger partial charge in [0, 0.05) is 31.8 Å². The van der Waals surface area contributed by atoms with Gasteiger partial charge in [0.05, 0.1) is 15.1 Å². The molecule has 3 rings (SSSR count). The largest absolute Gasteiger partial charge is 0.317 e. The van der Waals surface area contributed by atoms with E-state index in [9.17, 15) is 22.0 Å². The maximum atomic E-state index is 14.1. The van der Waals surface area contributed by atoms with Crippen molar-refractivity contribution in [2.24, 2.45) is 12.0 Å². The minimum atomic E-state index is -3.65. The van der Waals surface area contributed by atoms with Crippen molar-refractivity contribution >= 4 is 37.5 Å². The fourth-order valence-electron chi connectivity index (χ4n) is 3.16. The van der Waals surface area contributed by atoms with Gasteiger partial charge >= 0.3 is 0 Å². The van der Waals surface area contributed by atoms with Crippen molar-refractivity contribution in [1.82, 2.24) is 8.87 Å². The first-order valence-electron chi connectivity index (χ1n) is 9.82. The highest BCUT2D eigenvalue weighted by atomic mass is 32.2. The summed E-state index contributed by atoms with van der Waals surface area (Å²) in [5.74, 6) is -2.05. The predicted octanol–water partition coefficient (Wildman–Crippen LogP) is 4.07. The van der Waals surface area contributed by atoms with Gasteiger partial charge < -0.3 is 4.57 Å². The average molecular weight is 468 g/mol. The molecule has 6 nitrogen and oxygen atoms in total. The monoisotopic (exact) mass is 467 g/mol. The van der Waals surface area contributed by atoms with Crippen molar-refractivity contribution in [2.45, 2.75) is 31.6 Å². The van der Waals surface area contributed by atoms with Gasteiger partial charge in [-0.15, -0.1) is 0 Å². The number of rotatable bonds is 7. The van der Waals surface area contributed by atoms with Crippen LogP contribution in [0.2, 0.25) is 0 Å². The quantitative estimate of drug-likeness (QED) is 0.526. The third kappa shape index (κ3) is 4.76. The maximum absolute atomic E-state index is 14.1. The normalized spacial score (nSPS) is 12.8. The van der Waals surface area contributed by atoms with E-state index < -0.39 is 27.6 Å². The summed E-state index contributed by atoms with van der Waals surface area (Å²) in [6.07, 6.45) is 1.64. The highest BCUT2D eigenvalue weighted by Gasteiger charge is 2.22. The van der Waals surface area contributed by atoms with Gasteiger partial charge in [0.2, 0.25) is 10.0 Å². The lowest BCUT2D eigenvalue weighted by molar-refractivity contribution is 0.0998. The average Bonchev–Trinajstić information content (AvgIpc) is 3.03. The minimum absolute atomic E-state index is 0.104. The van der Waals surface area contributed by atoms with E-state index in [1.54, 1.807) is 6.92 Å². The molecule has 0 bridgehead atoms. The van der Waals surface area contributed by atoms with Crippen molar-refractivity contribution in [1.29, 1.82) is 0 Å². The zero-order valence-corrected chi connectivity index (χ0v) is 19.1. The Morgan fingerprint density at radius 2 is 1.84 bits per heavy atom. The molecule has 0 aliphatic heterocycles. The fraction of sp³-hybridized carbons (Fsp3) is 0.333. The maximum Gasteiger partial charge on any atom is 0.279 e. The van der Waals surface area contributed by atoms with Crippen LogP contribution >= 0.6 is 11.3 Å². The van der Waals surface area contributed by atoms with Crippen molar-refractivity contribution in [2.75, 3.05) is 13.1 Å². The standard InChI is InChI=1S/C21H23F2N3O3S2/c1-4-6-11-26(5-2)31(28,29)16-9-7-14(8-10-16)20(27)24-21-25(3)19-17(23)12-15(22)13-18(19)30-21/h7-10,12-13H,4-6,11H2,1-3H3. The molecule has 166 valence electrons. The molecule has 0 radical (unpaired) electrons. The SMILES string of the molecule is CCCCN(CC)S(=O)(=O)c1ccc(C(=O)N=c2sc3cc(F)cc(F)c3n2C)cc1. The fourth-order valence-corrected chi connectivity index (χ4v) is 5.70. The number of unbranched alkanes of at least 4 members (excludes halogenated alkanes) is 1. The Morgan fingerprint density at radius 3 is 2.45 bits per heavy atom. The number of carbonyl (C=O) groups is 1. The second-order valence-corrected chi connectivity index (χ2v) is 9.92. The first-order valence-corrected chi connectivity index (χ1v) is 12.1. The number of aromatic nitrogens is 1. The van der Waals surface area contributed by atoms with E-state index in [1.165, 1.54) is 46.3 Å². The van der Waals surface area contributed by atoms with Gasteiger partial charge in [-0.1, -0.05) is 31.6 Å². The molecule has 10 heteroatoms. The molecule has 0 aliphatic carbocycles. The Balaban J connectivity index is 1.91. The van der Waals surface area contributed by atoms with E-state index in [0.29, 0.717) is 17.8 Å². The number of hydrogen-bond donors (Lipinski definition) is 0. The first-order chi connectivity index (χ1) is 14.7. The molecule has 1 amide bonds. The van der Waals surface area contributed by atoms with Crippen LogP contribution < -0.4 is 4.80 Å². The second kappa shape index (κ2) is 9.37. The Morgan fingerprint density at radius 1 is 1.16 bits per heavy atom. The number of benzene rings is 2. The van der Waals surface area contributed by atoms with E-state index in [1.807, 2.05) is 6.92 Å². The van der Waals surface area contributed by atoms with Crippen molar-refractivity contribution in [3.05, 3.63) is 58.4 Å². The number of hydrogen-bond acceptors (Lipinski definition) is 4. The van der Waals surface area contributed by atoms with Crippen molar-refractivity contribution < 1.29 is 22.0 Å². The zero-order valence-electron chi connectivity index (χ0n) is 17.4. The molecule has 0 saturated carbocycles. The van der Waals surface area contributed by atoms with Crippen LogP contribution in [0.25, 0.3) is 10.2 Å². The van der Waals surface area contributed by atoms with Gasteiger partial charge in [-0.25, -0.2) is 17.2 Å². The number of nitrogens with zero attached hydrogens (tertiary/aromatic N) is 3. The highest BCUT2D eigenvalue weighted by Crippen LogP contribution is 2.22. The lowest BCUT2D eigenvalue weighted by atomic mass is 10.2. The summed E-state index contributed by atoms with van der Waals surface area (Å²) in [6.45, 7) is 4.57. The molecule has 31 heavy (non-hydrogen) atoms. The molecular formula is C21H23F2N3O3S2. The predicted molar refractivity (Wildman–Crippen MR) is 116 cm³/mol. The van der Waals surface area contributed by atoms with Crippen LogP contribution in [0.1, 0.15) is 37.0 Å². The molecule has 0 unspecified atom stereocenters. The van der Waals surface area contributed by atoms with Crippen LogP contribution in [0.5, 0.6) is 0 Å². The number of aryl methyl sites for hydroxylation is 1. The number of halogens is 2. The van der Waals surface area contributed by atoms with Gasteiger partial charge in [-0.2, -0.15) is 9.30 Å². The molecule has 3 aromatic rings. The first kappa shape index (κ1) is 23.2. The number of amides is 1. The van der Waals surface area contributed by atoms with Crippen LogP contribution in [0.3, 0.4) is 0 Å². The zero-order chi connectivity index (χ0) is 22.8. The third-order valence-corrected chi connectivity index (χ3v) is 7.93. The Labute approximate surface area is 183 Å². The van der Waals surface area contributed by atoms with E-state index in [4.69, 9.17) is 0 Å². The summed E-state index contributed by atoms with van der Waals surface area (Å²) in [6, 6.07) is 7.53. The lowest BCUT2D eigenvalue weighted by Crippen LogP contribution is -2.31. The third-order valence-electron chi connectivity index (χ3n) is 4.87. The molecule has 1 aromatic heterocycles. The Bertz CT molecular complexity index is 1280. The minimum Gasteiger partial charge on any atom is -0.317 e. The van der Waals surface area contributed by atoms with Crippen LogP contribution in [-0.4, -0.2) is 36.3 Å². The molecule has 0 fully saturated rings. The van der Waals surface area contributed by atoms with Crippen LogP contribution in [-0.2, 0) is 17.1 Å². The number of carbonyl (C=O) groups excluding carboxylic acids is 1.